The van der Waals surface area contributed by atoms with E-state index in [1.807, 2.05) is 56.3 Å². The van der Waals surface area contributed by atoms with Crippen LogP contribution in [0.3, 0.4) is 0 Å². The first kappa shape index (κ1) is 14.9. The Kier molecular flexibility index (Phi) is 5.64. The van der Waals surface area contributed by atoms with Crippen molar-refractivity contribution < 1.29 is 0 Å². The zero-order chi connectivity index (χ0) is 14.9. The highest BCUT2D eigenvalue weighted by atomic mass is 14.9. The van der Waals surface area contributed by atoms with Gasteiger partial charge in [0.2, 0.25) is 0 Å². The molecule has 108 valence electrons. The van der Waals surface area contributed by atoms with Crippen molar-refractivity contribution in [1.82, 2.24) is 15.3 Å². The molecule has 2 rings (SSSR count). The fourth-order valence-electron chi connectivity index (χ4n) is 1.84. The second-order valence-corrected chi connectivity index (χ2v) is 4.78. The van der Waals surface area contributed by atoms with Crippen molar-refractivity contribution in [2.24, 2.45) is 4.99 Å². The van der Waals surface area contributed by atoms with Gasteiger partial charge in [0.25, 0.3) is 0 Å². The van der Waals surface area contributed by atoms with E-state index in [2.05, 4.69) is 20.3 Å². The van der Waals surface area contributed by atoms with E-state index in [9.17, 15) is 0 Å². The lowest BCUT2D eigenvalue weighted by atomic mass is 10.3. The van der Waals surface area contributed by atoms with Gasteiger partial charge in [-0.05, 0) is 44.2 Å². The highest BCUT2D eigenvalue weighted by molar-refractivity contribution is 5.93. The van der Waals surface area contributed by atoms with Crippen LogP contribution in [0.4, 0.5) is 0 Å². The molecule has 0 saturated heterocycles. The van der Waals surface area contributed by atoms with Crippen LogP contribution in [-0.4, -0.2) is 15.7 Å². The summed E-state index contributed by atoms with van der Waals surface area (Å²) in [6.45, 7) is 5.35. The van der Waals surface area contributed by atoms with Crippen molar-refractivity contribution in [2.45, 2.75) is 26.9 Å². The predicted molar refractivity (Wildman–Crippen MR) is 85.9 cm³/mol. The second-order valence-electron chi connectivity index (χ2n) is 4.78. The number of nitrogens with one attached hydrogen (secondary N) is 1. The molecule has 2 heterocycles. The molecule has 1 N–H and O–H groups in total. The van der Waals surface area contributed by atoms with Crippen molar-refractivity contribution in [2.75, 3.05) is 0 Å². The van der Waals surface area contributed by atoms with Crippen LogP contribution in [0.2, 0.25) is 0 Å². The van der Waals surface area contributed by atoms with E-state index >= 15 is 0 Å². The van der Waals surface area contributed by atoms with Gasteiger partial charge in [0.15, 0.2) is 0 Å². The van der Waals surface area contributed by atoms with E-state index in [1.54, 1.807) is 12.4 Å². The SMILES string of the molecule is CC(=CC(C)=NCc1ccccn1)NCc1ccccn1. The summed E-state index contributed by atoms with van der Waals surface area (Å²) in [6, 6.07) is 11.8. The Hall–Kier alpha value is -2.49. The average Bonchev–Trinajstić information content (AvgIpc) is 2.53. The summed E-state index contributed by atoms with van der Waals surface area (Å²) in [6.07, 6.45) is 5.62. The molecule has 0 amide bonds. The highest BCUT2D eigenvalue weighted by Gasteiger charge is 1.95. The molecular formula is C17H20N4. The van der Waals surface area contributed by atoms with Crippen LogP contribution < -0.4 is 5.32 Å². The molecular weight excluding hydrogens is 260 g/mol. The predicted octanol–water partition coefficient (Wildman–Crippen LogP) is 3.13. The van der Waals surface area contributed by atoms with E-state index < -0.39 is 0 Å². The van der Waals surface area contributed by atoms with Crippen molar-refractivity contribution >= 4 is 5.71 Å². The monoisotopic (exact) mass is 280 g/mol. The van der Waals surface area contributed by atoms with Gasteiger partial charge < -0.3 is 5.32 Å². The highest BCUT2D eigenvalue weighted by Crippen LogP contribution is 1.99. The third-order valence-electron chi connectivity index (χ3n) is 2.92. The first-order valence-corrected chi connectivity index (χ1v) is 6.97. The van der Waals surface area contributed by atoms with Crippen LogP contribution >= 0.6 is 0 Å². The van der Waals surface area contributed by atoms with E-state index in [4.69, 9.17) is 0 Å². The average molecular weight is 280 g/mol. The van der Waals surface area contributed by atoms with E-state index in [0.29, 0.717) is 6.54 Å². The summed E-state index contributed by atoms with van der Waals surface area (Å²) in [5.74, 6) is 0. The molecule has 0 spiro atoms. The van der Waals surface area contributed by atoms with Crippen LogP contribution in [0.5, 0.6) is 0 Å². The Morgan fingerprint density at radius 2 is 1.71 bits per heavy atom. The molecule has 0 atom stereocenters. The molecule has 21 heavy (non-hydrogen) atoms. The molecule has 0 aliphatic rings. The van der Waals surface area contributed by atoms with Crippen molar-refractivity contribution in [3.05, 3.63) is 72.0 Å². The molecule has 0 aromatic carbocycles. The van der Waals surface area contributed by atoms with Gasteiger partial charge in [-0.15, -0.1) is 0 Å². The van der Waals surface area contributed by atoms with Gasteiger partial charge in [-0.3, -0.25) is 15.0 Å². The van der Waals surface area contributed by atoms with Crippen LogP contribution in [0.25, 0.3) is 0 Å². The number of aliphatic imine (C=N–C) groups is 1. The quantitative estimate of drug-likeness (QED) is 0.827. The summed E-state index contributed by atoms with van der Waals surface area (Å²) in [5.41, 5.74) is 4.05. The van der Waals surface area contributed by atoms with Gasteiger partial charge in [-0.1, -0.05) is 12.1 Å². The van der Waals surface area contributed by atoms with Crippen LogP contribution in [0.1, 0.15) is 25.2 Å². The van der Waals surface area contributed by atoms with Crippen LogP contribution in [0.15, 0.2) is 65.6 Å². The molecule has 2 aromatic rings. The van der Waals surface area contributed by atoms with Crippen LogP contribution in [0, 0.1) is 0 Å². The fourth-order valence-corrected chi connectivity index (χ4v) is 1.84. The molecule has 0 bridgehead atoms. The van der Waals surface area contributed by atoms with E-state index in [-0.39, 0.29) is 0 Å². The Labute approximate surface area is 125 Å². The first-order valence-electron chi connectivity index (χ1n) is 6.97. The topological polar surface area (TPSA) is 50.2 Å². The minimum Gasteiger partial charge on any atom is -0.383 e. The lowest BCUT2D eigenvalue weighted by Gasteiger charge is -2.06. The normalized spacial score (nSPS) is 12.3. The summed E-state index contributed by atoms with van der Waals surface area (Å²) in [4.78, 5) is 13.0. The number of pyridine rings is 2. The van der Waals surface area contributed by atoms with E-state index in [1.165, 1.54) is 0 Å². The third kappa shape index (κ3) is 5.57. The Balaban J connectivity index is 1.86. The lowest BCUT2D eigenvalue weighted by molar-refractivity contribution is 0.788. The van der Waals surface area contributed by atoms with Crippen molar-refractivity contribution in [1.29, 1.82) is 0 Å². The minimum absolute atomic E-state index is 0.608. The maximum absolute atomic E-state index is 4.51. The van der Waals surface area contributed by atoms with Crippen molar-refractivity contribution in [3.8, 4) is 0 Å². The summed E-state index contributed by atoms with van der Waals surface area (Å²) < 4.78 is 0. The first-order chi connectivity index (χ1) is 10.2. The molecule has 2 aromatic heterocycles. The molecule has 0 aliphatic carbocycles. The summed E-state index contributed by atoms with van der Waals surface area (Å²) in [7, 11) is 0. The number of hydrogen-bond acceptors (Lipinski definition) is 4. The van der Waals surface area contributed by atoms with Crippen LogP contribution in [-0.2, 0) is 13.1 Å². The van der Waals surface area contributed by atoms with E-state index in [0.717, 1.165) is 29.3 Å². The number of rotatable bonds is 6. The molecule has 4 nitrogen and oxygen atoms in total. The Bertz CT molecular complexity index is 603. The lowest BCUT2D eigenvalue weighted by Crippen LogP contribution is -2.12. The van der Waals surface area contributed by atoms with Gasteiger partial charge in [0, 0.05) is 23.8 Å². The number of nitrogens with zero attached hydrogens (tertiary/aromatic N) is 3. The summed E-state index contributed by atoms with van der Waals surface area (Å²) in [5, 5.41) is 3.33. The van der Waals surface area contributed by atoms with Gasteiger partial charge >= 0.3 is 0 Å². The minimum atomic E-state index is 0.608. The zero-order valence-electron chi connectivity index (χ0n) is 12.5. The molecule has 0 radical (unpaired) electrons. The summed E-state index contributed by atoms with van der Waals surface area (Å²) >= 11 is 0. The molecule has 4 heteroatoms. The largest absolute Gasteiger partial charge is 0.383 e. The van der Waals surface area contributed by atoms with Gasteiger partial charge in [0.1, 0.15) is 0 Å². The fraction of sp³-hybridized carbons (Fsp3) is 0.235. The van der Waals surface area contributed by atoms with Gasteiger partial charge in [-0.2, -0.15) is 0 Å². The van der Waals surface area contributed by atoms with Gasteiger partial charge in [0.05, 0.1) is 24.5 Å². The standard InChI is InChI=1S/C17H20N4/c1-14(20-12-16-7-3-5-9-18-16)11-15(2)21-13-17-8-4-6-10-19-17/h3-11,20H,12-13H2,1-2H3. The molecule has 0 saturated carbocycles. The second kappa shape index (κ2) is 7.94. The van der Waals surface area contributed by atoms with Gasteiger partial charge in [-0.25, -0.2) is 0 Å². The number of hydrogen-bond donors (Lipinski definition) is 1. The molecule has 0 aliphatic heterocycles. The zero-order valence-corrected chi connectivity index (χ0v) is 12.5. The Morgan fingerprint density at radius 3 is 2.33 bits per heavy atom. The maximum atomic E-state index is 4.51. The van der Waals surface area contributed by atoms with Crippen molar-refractivity contribution in [3.63, 3.8) is 0 Å². The number of aromatic nitrogens is 2. The Morgan fingerprint density at radius 1 is 1.05 bits per heavy atom. The third-order valence-corrected chi connectivity index (χ3v) is 2.92. The molecule has 0 unspecified atom stereocenters. The maximum Gasteiger partial charge on any atom is 0.0814 e. The number of allylic oxidation sites excluding steroid dienone is 2. The molecule has 0 fully saturated rings. The smallest absolute Gasteiger partial charge is 0.0814 e.